The standard InChI is InChI=1S/C21H28N2O4.ClH/c1-25-19-9-6-10-20(26-2)21(19)27-16-18(24)15-22-11-13-23(14-12-22)17-7-4-3-5-8-17;/h3-10,18,24H,11-16H2,1-2H3;1H/p-1. The quantitative estimate of drug-likeness (QED) is 0.622. The van der Waals surface area contributed by atoms with E-state index >= 15 is 0 Å². The van der Waals surface area contributed by atoms with Crippen LogP contribution in [0, 0.1) is 0 Å². The van der Waals surface area contributed by atoms with Gasteiger partial charge in [-0.25, -0.2) is 0 Å². The average molecular weight is 408 g/mol. The van der Waals surface area contributed by atoms with Crippen molar-refractivity contribution in [1.29, 1.82) is 0 Å². The number of methoxy groups -OCH3 is 2. The Bertz CT molecular complexity index is 687. The minimum atomic E-state index is -0.581. The van der Waals surface area contributed by atoms with Gasteiger partial charge in [0, 0.05) is 38.4 Å². The number of hydrogen-bond acceptors (Lipinski definition) is 6. The molecule has 1 heterocycles. The lowest BCUT2D eigenvalue weighted by Gasteiger charge is -2.36. The number of benzene rings is 2. The molecule has 7 heteroatoms. The van der Waals surface area contributed by atoms with E-state index in [9.17, 15) is 5.11 Å². The summed E-state index contributed by atoms with van der Waals surface area (Å²) < 4.78 is 16.4. The normalized spacial score (nSPS) is 15.5. The number of halogens is 1. The van der Waals surface area contributed by atoms with Gasteiger partial charge in [-0.2, -0.15) is 0 Å². The zero-order chi connectivity index (χ0) is 19.1. The third kappa shape index (κ3) is 5.67. The molecule has 0 bridgehead atoms. The number of hydrogen-bond donors (Lipinski definition) is 1. The lowest BCUT2D eigenvalue weighted by Crippen LogP contribution is -3.00. The Hall–Kier alpha value is -2.15. The second-order valence-corrected chi connectivity index (χ2v) is 6.58. The average Bonchev–Trinajstić information content (AvgIpc) is 2.73. The van der Waals surface area contributed by atoms with Crippen LogP contribution in [0.15, 0.2) is 48.5 Å². The predicted molar refractivity (Wildman–Crippen MR) is 106 cm³/mol. The van der Waals surface area contributed by atoms with E-state index in [1.54, 1.807) is 14.2 Å². The smallest absolute Gasteiger partial charge is 0.203 e. The number of β-amino-alcohol motifs (C(OH)–C–C–N with tert-alkyl or cyclic N) is 1. The summed E-state index contributed by atoms with van der Waals surface area (Å²) in [6.45, 7) is 4.53. The summed E-state index contributed by atoms with van der Waals surface area (Å²) in [5.41, 5.74) is 1.25. The third-order valence-electron chi connectivity index (χ3n) is 4.77. The molecule has 1 aliphatic rings. The van der Waals surface area contributed by atoms with Gasteiger partial charge in [0.15, 0.2) is 11.5 Å². The van der Waals surface area contributed by atoms with E-state index in [0.29, 0.717) is 23.8 Å². The summed E-state index contributed by atoms with van der Waals surface area (Å²) in [4.78, 5) is 4.64. The molecule has 154 valence electrons. The molecule has 3 rings (SSSR count). The van der Waals surface area contributed by atoms with Crippen molar-refractivity contribution >= 4 is 5.69 Å². The van der Waals surface area contributed by atoms with Crippen LogP contribution in [0.5, 0.6) is 17.2 Å². The Kier molecular flexibility index (Phi) is 8.70. The first kappa shape index (κ1) is 22.1. The van der Waals surface area contributed by atoms with E-state index in [4.69, 9.17) is 14.2 Å². The molecule has 1 saturated heterocycles. The van der Waals surface area contributed by atoms with E-state index in [0.717, 1.165) is 26.2 Å². The maximum absolute atomic E-state index is 10.4. The first-order valence-corrected chi connectivity index (χ1v) is 9.25. The van der Waals surface area contributed by atoms with Gasteiger partial charge in [-0.05, 0) is 24.3 Å². The highest BCUT2D eigenvalue weighted by atomic mass is 35.5. The first-order chi connectivity index (χ1) is 13.2. The minimum Gasteiger partial charge on any atom is -1.00 e. The van der Waals surface area contributed by atoms with Crippen LogP contribution in [-0.2, 0) is 0 Å². The molecule has 28 heavy (non-hydrogen) atoms. The zero-order valence-corrected chi connectivity index (χ0v) is 17.1. The Morgan fingerprint density at radius 1 is 0.893 bits per heavy atom. The van der Waals surface area contributed by atoms with Crippen molar-refractivity contribution in [1.82, 2.24) is 4.90 Å². The number of anilines is 1. The molecular weight excluding hydrogens is 380 g/mol. The van der Waals surface area contributed by atoms with Crippen molar-refractivity contribution in [2.75, 3.05) is 58.5 Å². The lowest BCUT2D eigenvalue weighted by atomic mass is 10.2. The van der Waals surface area contributed by atoms with E-state index in [2.05, 4.69) is 34.1 Å². The molecule has 6 nitrogen and oxygen atoms in total. The van der Waals surface area contributed by atoms with Gasteiger partial charge >= 0.3 is 0 Å². The zero-order valence-electron chi connectivity index (χ0n) is 16.4. The fourth-order valence-electron chi connectivity index (χ4n) is 3.32. The molecule has 0 aromatic heterocycles. The van der Waals surface area contributed by atoms with Crippen LogP contribution in [0.3, 0.4) is 0 Å². The van der Waals surface area contributed by atoms with Crippen molar-refractivity contribution in [2.45, 2.75) is 6.10 Å². The summed E-state index contributed by atoms with van der Waals surface area (Å²) in [6, 6.07) is 15.9. The summed E-state index contributed by atoms with van der Waals surface area (Å²) >= 11 is 0. The third-order valence-corrected chi connectivity index (χ3v) is 4.77. The molecule has 1 aliphatic heterocycles. The van der Waals surface area contributed by atoms with Gasteiger partial charge in [0.05, 0.1) is 14.2 Å². The molecule has 2 aromatic rings. The minimum absolute atomic E-state index is 0. The van der Waals surface area contributed by atoms with Gasteiger partial charge < -0.3 is 36.6 Å². The van der Waals surface area contributed by atoms with Crippen molar-refractivity contribution in [3.05, 3.63) is 48.5 Å². The van der Waals surface area contributed by atoms with Gasteiger partial charge in [-0.3, -0.25) is 4.90 Å². The summed E-state index contributed by atoms with van der Waals surface area (Å²) in [6.07, 6.45) is -0.581. The number of nitrogens with zero attached hydrogens (tertiary/aromatic N) is 2. The second-order valence-electron chi connectivity index (χ2n) is 6.58. The molecule has 1 atom stereocenters. The van der Waals surface area contributed by atoms with Crippen LogP contribution in [0.1, 0.15) is 0 Å². The highest BCUT2D eigenvalue weighted by molar-refractivity contribution is 5.51. The van der Waals surface area contributed by atoms with Crippen molar-refractivity contribution in [3.8, 4) is 17.2 Å². The van der Waals surface area contributed by atoms with Gasteiger partial charge in [0.25, 0.3) is 0 Å². The molecule has 0 spiro atoms. The molecule has 0 aliphatic carbocycles. The van der Waals surface area contributed by atoms with Gasteiger partial charge in [0.1, 0.15) is 12.7 Å². The molecule has 0 radical (unpaired) electrons. The van der Waals surface area contributed by atoms with Crippen LogP contribution in [0.4, 0.5) is 5.69 Å². The van der Waals surface area contributed by atoms with E-state index < -0.39 is 6.10 Å². The highest BCUT2D eigenvalue weighted by Gasteiger charge is 2.20. The molecule has 0 saturated carbocycles. The monoisotopic (exact) mass is 407 g/mol. The molecule has 2 aromatic carbocycles. The maximum atomic E-state index is 10.4. The lowest BCUT2D eigenvalue weighted by molar-refractivity contribution is -0.00000854. The first-order valence-electron chi connectivity index (χ1n) is 9.25. The summed E-state index contributed by atoms with van der Waals surface area (Å²) in [7, 11) is 3.18. The van der Waals surface area contributed by atoms with Crippen molar-refractivity contribution in [2.24, 2.45) is 0 Å². The summed E-state index contributed by atoms with van der Waals surface area (Å²) in [5, 5.41) is 10.4. The van der Waals surface area contributed by atoms with Crippen LogP contribution < -0.4 is 31.5 Å². The van der Waals surface area contributed by atoms with Crippen LogP contribution >= 0.6 is 0 Å². The molecule has 1 fully saturated rings. The molecule has 1 N–H and O–H groups in total. The fourth-order valence-corrected chi connectivity index (χ4v) is 3.32. The molecular formula is C21H28ClN2O4-. The van der Waals surface area contributed by atoms with Gasteiger partial charge in [-0.1, -0.05) is 24.3 Å². The Morgan fingerprint density at radius 3 is 2.07 bits per heavy atom. The number of piperazine rings is 1. The SMILES string of the molecule is COc1cccc(OC)c1OCC(O)CN1CCN(c2ccccc2)CC1.[Cl-]. The Morgan fingerprint density at radius 2 is 1.50 bits per heavy atom. The number of rotatable bonds is 8. The van der Waals surface area contributed by atoms with E-state index in [-0.39, 0.29) is 19.0 Å². The number of para-hydroxylation sites is 2. The van der Waals surface area contributed by atoms with Gasteiger partial charge in [-0.15, -0.1) is 0 Å². The van der Waals surface area contributed by atoms with Crippen molar-refractivity contribution < 1.29 is 31.7 Å². The Balaban J connectivity index is 0.00000280. The molecule has 1 unspecified atom stereocenters. The summed E-state index contributed by atoms with van der Waals surface area (Å²) in [5.74, 6) is 1.71. The Labute approximate surface area is 173 Å². The fraction of sp³-hybridized carbons (Fsp3) is 0.429. The predicted octanol–water partition coefficient (Wildman–Crippen LogP) is -0.730. The number of aliphatic hydroxyl groups is 1. The van der Waals surface area contributed by atoms with Crippen LogP contribution in [0.25, 0.3) is 0 Å². The van der Waals surface area contributed by atoms with E-state index in [1.165, 1.54) is 5.69 Å². The van der Waals surface area contributed by atoms with Crippen LogP contribution in [-0.4, -0.2) is 69.7 Å². The largest absolute Gasteiger partial charge is 1.00 e. The highest BCUT2D eigenvalue weighted by Crippen LogP contribution is 2.36. The number of ether oxygens (including phenoxy) is 3. The van der Waals surface area contributed by atoms with Gasteiger partial charge in [0.2, 0.25) is 5.75 Å². The van der Waals surface area contributed by atoms with Crippen molar-refractivity contribution in [3.63, 3.8) is 0 Å². The molecule has 0 amide bonds. The second kappa shape index (κ2) is 11.0. The topological polar surface area (TPSA) is 54.4 Å². The number of aliphatic hydroxyl groups excluding tert-OH is 1. The van der Waals surface area contributed by atoms with E-state index in [1.807, 2.05) is 24.3 Å². The van der Waals surface area contributed by atoms with Crippen LogP contribution in [0.2, 0.25) is 0 Å². The maximum Gasteiger partial charge on any atom is 0.203 e.